The largest absolute Gasteiger partial charge is 0.497 e. The Bertz CT molecular complexity index is 475. The lowest BCUT2D eigenvalue weighted by Crippen LogP contribution is -2.08. The van der Waals surface area contributed by atoms with E-state index >= 15 is 0 Å². The van der Waals surface area contributed by atoms with E-state index in [0.29, 0.717) is 0 Å². The zero-order valence-corrected chi connectivity index (χ0v) is 13.1. The number of ether oxygens (including phenoxy) is 1. The molecular formula is C19H26O. The molecule has 0 heterocycles. The molecule has 0 unspecified atom stereocenters. The van der Waals surface area contributed by atoms with Crippen LogP contribution in [0.25, 0.3) is 6.08 Å². The van der Waals surface area contributed by atoms with Gasteiger partial charge in [0.2, 0.25) is 0 Å². The highest BCUT2D eigenvalue weighted by Gasteiger charge is 2.14. The van der Waals surface area contributed by atoms with Gasteiger partial charge in [-0.25, -0.2) is 0 Å². The van der Waals surface area contributed by atoms with Crippen LogP contribution < -0.4 is 4.74 Å². The van der Waals surface area contributed by atoms with Gasteiger partial charge in [-0.3, -0.25) is 0 Å². The number of hydrogen-bond acceptors (Lipinski definition) is 1. The van der Waals surface area contributed by atoms with Gasteiger partial charge in [0, 0.05) is 5.41 Å². The highest BCUT2D eigenvalue weighted by atomic mass is 16.5. The van der Waals surface area contributed by atoms with E-state index in [0.717, 1.165) is 18.6 Å². The average Bonchev–Trinajstić information content (AvgIpc) is 2.45. The summed E-state index contributed by atoms with van der Waals surface area (Å²) in [5.74, 6) is 0.886. The van der Waals surface area contributed by atoms with Crippen LogP contribution in [0, 0.1) is 5.41 Å². The summed E-state index contributed by atoms with van der Waals surface area (Å²) in [5, 5.41) is 0. The first-order valence-electron chi connectivity index (χ1n) is 7.09. The third-order valence-corrected chi connectivity index (χ3v) is 3.47. The molecule has 0 amide bonds. The highest BCUT2D eigenvalue weighted by molar-refractivity contribution is 5.51. The normalized spacial score (nSPS) is 13.8. The van der Waals surface area contributed by atoms with Gasteiger partial charge in [0.15, 0.2) is 0 Å². The lowest BCUT2D eigenvalue weighted by atomic mass is 9.84. The maximum Gasteiger partial charge on any atom is 0.118 e. The summed E-state index contributed by atoms with van der Waals surface area (Å²) in [4.78, 5) is 0. The molecule has 1 aromatic rings. The minimum Gasteiger partial charge on any atom is -0.497 e. The second-order valence-electron chi connectivity index (χ2n) is 5.64. The van der Waals surface area contributed by atoms with Gasteiger partial charge in [-0.1, -0.05) is 48.9 Å². The van der Waals surface area contributed by atoms with Crippen molar-refractivity contribution in [1.29, 1.82) is 0 Å². The van der Waals surface area contributed by atoms with Crippen molar-refractivity contribution in [3.8, 4) is 5.75 Å². The third-order valence-electron chi connectivity index (χ3n) is 3.47. The molecule has 0 aliphatic carbocycles. The maximum absolute atomic E-state index is 5.16. The summed E-state index contributed by atoms with van der Waals surface area (Å²) in [7, 11) is 1.68. The molecule has 0 aliphatic heterocycles. The molecule has 0 fully saturated rings. The Hall–Kier alpha value is -1.76. The molecule has 0 aromatic heterocycles. The van der Waals surface area contributed by atoms with Crippen LogP contribution in [0.2, 0.25) is 0 Å². The van der Waals surface area contributed by atoms with E-state index in [1.165, 1.54) is 11.1 Å². The van der Waals surface area contributed by atoms with Crippen LogP contribution in [0.1, 0.15) is 39.2 Å². The first-order chi connectivity index (χ1) is 9.49. The molecule has 20 heavy (non-hydrogen) atoms. The number of benzene rings is 1. The van der Waals surface area contributed by atoms with Gasteiger partial charge >= 0.3 is 0 Å². The van der Waals surface area contributed by atoms with Crippen LogP contribution >= 0.6 is 0 Å². The van der Waals surface area contributed by atoms with E-state index in [1.807, 2.05) is 18.2 Å². The van der Waals surface area contributed by atoms with Crippen LogP contribution in [0.5, 0.6) is 5.75 Å². The Morgan fingerprint density at radius 1 is 1.25 bits per heavy atom. The van der Waals surface area contributed by atoms with Crippen molar-refractivity contribution >= 4 is 6.08 Å². The minimum absolute atomic E-state index is 0.0336. The first-order valence-corrected chi connectivity index (χ1v) is 7.09. The second kappa shape index (κ2) is 7.74. The van der Waals surface area contributed by atoms with Gasteiger partial charge in [0.1, 0.15) is 5.75 Å². The van der Waals surface area contributed by atoms with Crippen molar-refractivity contribution in [2.75, 3.05) is 7.11 Å². The van der Waals surface area contributed by atoms with Crippen LogP contribution in [0.15, 0.2) is 54.6 Å². The Morgan fingerprint density at radius 2 is 1.90 bits per heavy atom. The maximum atomic E-state index is 5.16. The highest BCUT2D eigenvalue weighted by Crippen LogP contribution is 2.28. The summed E-state index contributed by atoms with van der Waals surface area (Å²) in [6, 6.07) is 8.09. The van der Waals surface area contributed by atoms with Crippen molar-refractivity contribution in [3.63, 3.8) is 0 Å². The fourth-order valence-electron chi connectivity index (χ4n) is 1.93. The summed E-state index contributed by atoms with van der Waals surface area (Å²) < 4.78 is 5.16. The fraction of sp³-hybridized carbons (Fsp3) is 0.368. The monoisotopic (exact) mass is 270 g/mol. The van der Waals surface area contributed by atoms with Gasteiger partial charge in [-0.05, 0) is 44.4 Å². The third kappa shape index (κ3) is 5.48. The summed E-state index contributed by atoms with van der Waals surface area (Å²) in [6.45, 7) is 10.5. The number of hydrogen-bond donors (Lipinski definition) is 0. The molecule has 0 spiro atoms. The van der Waals surface area contributed by atoms with Crippen LogP contribution in [-0.4, -0.2) is 7.11 Å². The number of allylic oxidation sites excluding steroid dienone is 4. The van der Waals surface area contributed by atoms with Gasteiger partial charge in [-0.15, -0.1) is 6.58 Å². The molecule has 0 saturated heterocycles. The molecule has 0 bridgehead atoms. The van der Waals surface area contributed by atoms with Crippen LogP contribution in [0.3, 0.4) is 0 Å². The Balaban J connectivity index is 2.72. The lowest BCUT2D eigenvalue weighted by Gasteiger charge is -2.20. The van der Waals surface area contributed by atoms with E-state index in [1.54, 1.807) is 7.11 Å². The van der Waals surface area contributed by atoms with E-state index in [-0.39, 0.29) is 5.41 Å². The topological polar surface area (TPSA) is 9.23 Å². The van der Waals surface area contributed by atoms with E-state index in [9.17, 15) is 0 Å². The zero-order chi connectivity index (χ0) is 15.0. The van der Waals surface area contributed by atoms with E-state index in [4.69, 9.17) is 4.74 Å². The molecule has 0 aliphatic rings. The minimum atomic E-state index is 0.0336. The molecule has 1 heteroatoms. The Labute approximate surface area is 123 Å². The molecule has 108 valence electrons. The van der Waals surface area contributed by atoms with E-state index in [2.05, 4.69) is 57.7 Å². The SMILES string of the molecule is C=C[C@@](C)(/C=C/c1ccc(OC)cc1)CCC=C(C)C. The molecular weight excluding hydrogens is 244 g/mol. The van der Waals surface area contributed by atoms with Crippen LogP contribution in [-0.2, 0) is 0 Å². The van der Waals surface area contributed by atoms with Gasteiger partial charge in [-0.2, -0.15) is 0 Å². The van der Waals surface area contributed by atoms with E-state index < -0.39 is 0 Å². The number of rotatable bonds is 7. The summed E-state index contributed by atoms with van der Waals surface area (Å²) >= 11 is 0. The molecule has 0 saturated carbocycles. The molecule has 0 N–H and O–H groups in total. The average molecular weight is 270 g/mol. The fourth-order valence-corrected chi connectivity index (χ4v) is 1.93. The van der Waals surface area contributed by atoms with Crippen molar-refractivity contribution < 1.29 is 4.74 Å². The smallest absolute Gasteiger partial charge is 0.118 e. The molecule has 1 aromatic carbocycles. The van der Waals surface area contributed by atoms with Gasteiger partial charge < -0.3 is 4.74 Å². The molecule has 1 rings (SSSR count). The van der Waals surface area contributed by atoms with Gasteiger partial charge in [0.05, 0.1) is 7.11 Å². The number of methoxy groups -OCH3 is 1. The predicted octanol–water partition coefficient (Wildman–Crippen LogP) is 5.65. The quantitative estimate of drug-likeness (QED) is 0.582. The summed E-state index contributed by atoms with van der Waals surface area (Å²) in [6.07, 6.45) is 10.9. The predicted molar refractivity (Wildman–Crippen MR) is 89.0 cm³/mol. The second-order valence-corrected chi connectivity index (χ2v) is 5.64. The molecule has 1 nitrogen and oxygen atoms in total. The Kier molecular flexibility index (Phi) is 6.30. The molecule has 1 atom stereocenters. The molecule has 0 radical (unpaired) electrons. The van der Waals surface area contributed by atoms with Crippen molar-refractivity contribution in [1.82, 2.24) is 0 Å². The zero-order valence-electron chi connectivity index (χ0n) is 13.1. The van der Waals surface area contributed by atoms with Crippen molar-refractivity contribution in [2.24, 2.45) is 5.41 Å². The Morgan fingerprint density at radius 3 is 2.40 bits per heavy atom. The lowest BCUT2D eigenvalue weighted by molar-refractivity contribution is 0.415. The van der Waals surface area contributed by atoms with Gasteiger partial charge in [0.25, 0.3) is 0 Å². The summed E-state index contributed by atoms with van der Waals surface area (Å²) in [5.41, 5.74) is 2.59. The van der Waals surface area contributed by atoms with Crippen molar-refractivity contribution in [3.05, 3.63) is 60.2 Å². The standard InChI is InChI=1S/C19H26O/c1-6-19(4,14-7-8-16(2)3)15-13-17-9-11-18(20-5)12-10-17/h6,8-13,15H,1,7,14H2,2-5H3/b15-13+/t19-/m1/s1. The first kappa shape index (κ1) is 16.3. The van der Waals surface area contributed by atoms with Crippen LogP contribution in [0.4, 0.5) is 0 Å². The van der Waals surface area contributed by atoms with Crippen molar-refractivity contribution in [2.45, 2.75) is 33.6 Å².